The molecule has 0 fully saturated rings. The summed E-state index contributed by atoms with van der Waals surface area (Å²) in [5, 5.41) is 9.57. The third kappa shape index (κ3) is 3.68. The summed E-state index contributed by atoms with van der Waals surface area (Å²) in [6.07, 6.45) is 0.974. The summed E-state index contributed by atoms with van der Waals surface area (Å²) in [5.74, 6) is 1.35. The molecule has 5 heteroatoms. The van der Waals surface area contributed by atoms with E-state index in [4.69, 9.17) is 16.7 Å². The van der Waals surface area contributed by atoms with Gasteiger partial charge in [-0.05, 0) is 6.42 Å². The summed E-state index contributed by atoms with van der Waals surface area (Å²) in [5.41, 5.74) is 0.927. The number of halogens is 1. The van der Waals surface area contributed by atoms with Crippen LogP contribution in [0.4, 0.5) is 5.82 Å². The molecule has 1 aromatic carbocycles. The number of aromatic nitrogens is 2. The first kappa shape index (κ1) is 14.8. The predicted octanol–water partition coefficient (Wildman–Crippen LogP) is 3.01. The summed E-state index contributed by atoms with van der Waals surface area (Å²) in [6.45, 7) is 3.53. The molecule has 0 spiro atoms. The highest BCUT2D eigenvalue weighted by Crippen LogP contribution is 2.22. The lowest BCUT2D eigenvalue weighted by molar-refractivity contribution is 0.301. The van der Waals surface area contributed by atoms with E-state index in [2.05, 4.69) is 16.9 Å². The molecule has 0 saturated heterocycles. The van der Waals surface area contributed by atoms with Crippen LogP contribution < -0.4 is 4.90 Å². The Labute approximate surface area is 124 Å². The van der Waals surface area contributed by atoms with E-state index >= 15 is 0 Å². The molecule has 2 aromatic rings. The van der Waals surface area contributed by atoms with E-state index in [-0.39, 0.29) is 6.61 Å². The molecule has 0 radical (unpaired) electrons. The molecular formula is C15H18ClN3O. The number of rotatable bonds is 6. The Balaban J connectivity index is 2.37. The molecule has 0 atom stereocenters. The van der Waals surface area contributed by atoms with Gasteiger partial charge in [0.05, 0.1) is 6.61 Å². The van der Waals surface area contributed by atoms with Gasteiger partial charge in [0.15, 0.2) is 5.82 Å². The zero-order valence-electron chi connectivity index (χ0n) is 11.5. The summed E-state index contributed by atoms with van der Waals surface area (Å²) < 4.78 is 0. The van der Waals surface area contributed by atoms with Crippen LogP contribution in [0, 0.1) is 0 Å². The van der Waals surface area contributed by atoms with Crippen LogP contribution in [0.25, 0.3) is 11.4 Å². The van der Waals surface area contributed by atoms with Crippen LogP contribution in [-0.4, -0.2) is 34.8 Å². The van der Waals surface area contributed by atoms with Gasteiger partial charge in [-0.15, -0.1) is 0 Å². The van der Waals surface area contributed by atoms with Gasteiger partial charge in [-0.25, -0.2) is 9.97 Å². The largest absolute Gasteiger partial charge is 0.395 e. The summed E-state index contributed by atoms with van der Waals surface area (Å²) in [7, 11) is 0. The SMILES string of the molecule is CCCN(CCO)c1cc(Cl)nc(-c2ccccc2)n1. The van der Waals surface area contributed by atoms with Crippen molar-refractivity contribution in [2.45, 2.75) is 13.3 Å². The van der Waals surface area contributed by atoms with Gasteiger partial charge in [-0.2, -0.15) is 0 Å². The Bertz CT molecular complexity index is 542. The van der Waals surface area contributed by atoms with Gasteiger partial charge >= 0.3 is 0 Å². The Morgan fingerprint density at radius 3 is 2.55 bits per heavy atom. The predicted molar refractivity (Wildman–Crippen MR) is 82.1 cm³/mol. The van der Waals surface area contributed by atoms with Crippen molar-refractivity contribution in [3.05, 3.63) is 41.6 Å². The summed E-state index contributed by atoms with van der Waals surface area (Å²) in [6, 6.07) is 11.5. The van der Waals surface area contributed by atoms with E-state index in [0.717, 1.165) is 24.3 Å². The van der Waals surface area contributed by atoms with Crippen molar-refractivity contribution >= 4 is 17.4 Å². The lowest BCUT2D eigenvalue weighted by Gasteiger charge is -2.22. The maximum Gasteiger partial charge on any atom is 0.163 e. The van der Waals surface area contributed by atoms with Crippen molar-refractivity contribution in [2.24, 2.45) is 0 Å². The fraction of sp³-hybridized carbons (Fsp3) is 0.333. The minimum absolute atomic E-state index is 0.0856. The molecule has 20 heavy (non-hydrogen) atoms. The Morgan fingerprint density at radius 1 is 1.15 bits per heavy atom. The van der Waals surface area contributed by atoms with Gasteiger partial charge in [0.2, 0.25) is 0 Å². The average Bonchev–Trinajstić information content (AvgIpc) is 2.47. The second kappa shape index (κ2) is 7.22. The molecule has 0 unspecified atom stereocenters. The summed E-state index contributed by atoms with van der Waals surface area (Å²) >= 11 is 6.10. The summed E-state index contributed by atoms with van der Waals surface area (Å²) in [4.78, 5) is 10.8. The number of benzene rings is 1. The minimum Gasteiger partial charge on any atom is -0.395 e. The Morgan fingerprint density at radius 2 is 1.90 bits per heavy atom. The number of anilines is 1. The van der Waals surface area contributed by atoms with Crippen molar-refractivity contribution in [3.8, 4) is 11.4 Å². The Kier molecular flexibility index (Phi) is 5.32. The third-order valence-corrected chi connectivity index (χ3v) is 3.09. The molecule has 1 aromatic heterocycles. The number of nitrogens with zero attached hydrogens (tertiary/aromatic N) is 3. The molecule has 4 nitrogen and oxygen atoms in total. The average molecular weight is 292 g/mol. The van der Waals surface area contributed by atoms with Gasteiger partial charge in [0.25, 0.3) is 0 Å². The van der Waals surface area contributed by atoms with Crippen molar-refractivity contribution < 1.29 is 5.11 Å². The molecule has 106 valence electrons. The van der Waals surface area contributed by atoms with E-state index in [1.54, 1.807) is 6.07 Å². The second-order valence-corrected chi connectivity index (χ2v) is 4.84. The van der Waals surface area contributed by atoms with Crippen LogP contribution in [0.15, 0.2) is 36.4 Å². The van der Waals surface area contributed by atoms with E-state index < -0.39 is 0 Å². The van der Waals surface area contributed by atoms with E-state index in [1.165, 1.54) is 0 Å². The standard InChI is InChI=1S/C15H18ClN3O/c1-2-8-19(9-10-20)14-11-13(16)17-15(18-14)12-6-4-3-5-7-12/h3-7,11,20H,2,8-10H2,1H3. The minimum atomic E-state index is 0.0856. The van der Waals surface area contributed by atoms with Crippen LogP contribution in [0.5, 0.6) is 0 Å². The van der Waals surface area contributed by atoms with Gasteiger partial charge < -0.3 is 10.0 Å². The molecule has 1 heterocycles. The van der Waals surface area contributed by atoms with Gasteiger partial charge in [0.1, 0.15) is 11.0 Å². The van der Waals surface area contributed by atoms with Crippen molar-refractivity contribution in [1.29, 1.82) is 0 Å². The molecule has 0 aliphatic carbocycles. The topological polar surface area (TPSA) is 49.2 Å². The van der Waals surface area contributed by atoms with E-state index in [9.17, 15) is 0 Å². The first-order valence-electron chi connectivity index (χ1n) is 6.70. The monoisotopic (exact) mass is 291 g/mol. The quantitative estimate of drug-likeness (QED) is 0.831. The first-order chi connectivity index (χ1) is 9.74. The fourth-order valence-electron chi connectivity index (χ4n) is 2.02. The van der Waals surface area contributed by atoms with E-state index in [0.29, 0.717) is 17.5 Å². The number of hydrogen-bond donors (Lipinski definition) is 1. The molecule has 0 saturated carbocycles. The third-order valence-electron chi connectivity index (χ3n) is 2.90. The van der Waals surface area contributed by atoms with Crippen molar-refractivity contribution in [1.82, 2.24) is 9.97 Å². The normalized spacial score (nSPS) is 10.6. The number of hydrogen-bond acceptors (Lipinski definition) is 4. The van der Waals surface area contributed by atoms with Crippen LogP contribution in [0.2, 0.25) is 5.15 Å². The maximum absolute atomic E-state index is 9.16. The van der Waals surface area contributed by atoms with Crippen molar-refractivity contribution in [2.75, 3.05) is 24.6 Å². The molecule has 0 bridgehead atoms. The highest BCUT2D eigenvalue weighted by Gasteiger charge is 2.11. The Hall–Kier alpha value is -1.65. The zero-order chi connectivity index (χ0) is 14.4. The number of aliphatic hydroxyl groups excluding tert-OH is 1. The maximum atomic E-state index is 9.16. The molecule has 0 amide bonds. The first-order valence-corrected chi connectivity index (χ1v) is 7.08. The van der Waals surface area contributed by atoms with E-state index in [1.807, 2.05) is 35.2 Å². The van der Waals surface area contributed by atoms with Crippen LogP contribution in [0.1, 0.15) is 13.3 Å². The highest BCUT2D eigenvalue weighted by molar-refractivity contribution is 6.29. The van der Waals surface area contributed by atoms with Gasteiger partial charge in [0, 0.05) is 24.7 Å². The van der Waals surface area contributed by atoms with Crippen molar-refractivity contribution in [3.63, 3.8) is 0 Å². The molecule has 1 N–H and O–H groups in total. The van der Waals surface area contributed by atoms with Crippen LogP contribution in [0.3, 0.4) is 0 Å². The lowest BCUT2D eigenvalue weighted by atomic mass is 10.2. The molecule has 0 aliphatic heterocycles. The molecule has 2 rings (SSSR count). The number of aliphatic hydroxyl groups is 1. The van der Waals surface area contributed by atoms with Crippen LogP contribution >= 0.6 is 11.6 Å². The lowest BCUT2D eigenvalue weighted by Crippen LogP contribution is -2.28. The van der Waals surface area contributed by atoms with Crippen LogP contribution in [-0.2, 0) is 0 Å². The zero-order valence-corrected chi connectivity index (χ0v) is 12.2. The second-order valence-electron chi connectivity index (χ2n) is 4.45. The molecular weight excluding hydrogens is 274 g/mol. The smallest absolute Gasteiger partial charge is 0.163 e. The van der Waals surface area contributed by atoms with Gasteiger partial charge in [-0.1, -0.05) is 48.9 Å². The fourth-order valence-corrected chi connectivity index (χ4v) is 2.19. The van der Waals surface area contributed by atoms with Gasteiger partial charge in [-0.3, -0.25) is 0 Å². The molecule has 0 aliphatic rings. The highest BCUT2D eigenvalue weighted by atomic mass is 35.5.